The molecular formula is C50H33N3. The second-order valence-electron chi connectivity index (χ2n) is 13.5. The smallest absolute Gasteiger partial charge is 0.0645 e. The Hall–Kier alpha value is -7.10. The lowest BCUT2D eigenvalue weighted by atomic mass is 10.0. The maximum absolute atomic E-state index is 9.04. The van der Waals surface area contributed by atoms with Crippen LogP contribution >= 0.6 is 0 Å². The molecule has 3 nitrogen and oxygen atoms in total. The first-order valence-corrected chi connectivity index (χ1v) is 17.8. The molecule has 3 heteroatoms. The molecule has 0 radical (unpaired) electrons. The number of hydrogen-bond donors (Lipinski definition) is 0. The maximum atomic E-state index is 9.04. The normalized spacial score (nSPS) is 13.1. The maximum Gasteiger partial charge on any atom is 0.0645 e. The summed E-state index contributed by atoms with van der Waals surface area (Å²) in [4.78, 5) is 0. The van der Waals surface area contributed by atoms with Gasteiger partial charge in [0, 0.05) is 49.9 Å². The van der Waals surface area contributed by atoms with Crippen LogP contribution in [0.4, 0.5) is 0 Å². The molecule has 0 aliphatic heterocycles. The van der Waals surface area contributed by atoms with Gasteiger partial charge in [0.15, 0.2) is 0 Å². The van der Waals surface area contributed by atoms with Crippen LogP contribution in [0, 0.1) is 0 Å². The molecule has 11 rings (SSSR count). The summed E-state index contributed by atoms with van der Waals surface area (Å²) in [5.41, 5.74) is 7.78. The summed E-state index contributed by atoms with van der Waals surface area (Å²) in [6, 6.07) is 57.5. The molecule has 11 aromatic rings. The molecule has 0 spiro atoms. The largest absolute Gasteiger partial charge is 0.310 e. The minimum Gasteiger partial charge on any atom is -0.310 e. The molecule has 0 atom stereocenters. The van der Waals surface area contributed by atoms with Gasteiger partial charge in [0.25, 0.3) is 0 Å². The highest BCUT2D eigenvalue weighted by Crippen LogP contribution is 2.35. The first-order valence-electron chi connectivity index (χ1n) is 20.3. The van der Waals surface area contributed by atoms with Crippen molar-refractivity contribution in [2.75, 3.05) is 0 Å². The number of fused-ring (bicyclic) bond motifs is 10. The summed E-state index contributed by atoms with van der Waals surface area (Å²) in [6.45, 7) is 0. The summed E-state index contributed by atoms with van der Waals surface area (Å²) >= 11 is 0. The molecule has 0 aliphatic rings. The van der Waals surface area contributed by atoms with E-state index in [0.29, 0.717) is 11.0 Å². The first-order chi connectivity index (χ1) is 28.3. The van der Waals surface area contributed by atoms with Gasteiger partial charge in [-0.2, -0.15) is 0 Å². The van der Waals surface area contributed by atoms with E-state index in [4.69, 9.17) is 6.85 Å². The Balaban J connectivity index is 1.31. The molecular weight excluding hydrogens is 643 g/mol. The SMILES string of the molecule is [2H]c1c([2H])c([2H])c(-n2c3cccc(c3)c3cccc(c3)n(-c3ccc4c5ccccc5n(-c5ccccc5)c4c3)c3ccc4ccc5ccc2cc5c4c3)c([2H])c1[2H]. The summed E-state index contributed by atoms with van der Waals surface area (Å²) in [5.74, 6) is 0. The zero-order valence-corrected chi connectivity index (χ0v) is 28.5. The van der Waals surface area contributed by atoms with E-state index in [-0.39, 0.29) is 29.9 Å². The molecule has 248 valence electrons. The molecule has 2 heterocycles. The third-order valence-corrected chi connectivity index (χ3v) is 10.5. The van der Waals surface area contributed by atoms with Crippen molar-refractivity contribution in [3.05, 3.63) is 200 Å². The minimum absolute atomic E-state index is 0.0961. The van der Waals surface area contributed by atoms with Crippen LogP contribution in [-0.2, 0) is 0 Å². The lowest BCUT2D eigenvalue weighted by Gasteiger charge is -2.15. The second kappa shape index (κ2) is 11.7. The zero-order valence-electron chi connectivity index (χ0n) is 33.5. The third kappa shape index (κ3) is 4.75. The summed E-state index contributed by atoms with van der Waals surface area (Å²) in [6.07, 6.45) is 0. The highest BCUT2D eigenvalue weighted by molar-refractivity contribution is 6.11. The quantitative estimate of drug-likeness (QED) is 0.165. The molecule has 0 fully saturated rings. The number of benzene rings is 9. The van der Waals surface area contributed by atoms with Crippen molar-refractivity contribution in [2.24, 2.45) is 0 Å². The molecule has 8 bridgehead atoms. The lowest BCUT2D eigenvalue weighted by Crippen LogP contribution is -1.99. The molecule has 0 unspecified atom stereocenters. The van der Waals surface area contributed by atoms with Gasteiger partial charge in [-0.15, -0.1) is 0 Å². The van der Waals surface area contributed by atoms with Crippen LogP contribution in [-0.4, -0.2) is 13.7 Å². The Kier molecular flexibility index (Phi) is 5.52. The van der Waals surface area contributed by atoms with E-state index in [1.54, 1.807) is 4.57 Å². The number of para-hydroxylation sites is 3. The van der Waals surface area contributed by atoms with Gasteiger partial charge >= 0.3 is 0 Å². The Labute approximate surface area is 313 Å². The summed E-state index contributed by atoms with van der Waals surface area (Å²) in [5, 5.41) is 8.37. The third-order valence-electron chi connectivity index (χ3n) is 10.5. The number of aromatic nitrogens is 3. The molecule has 0 saturated heterocycles. The van der Waals surface area contributed by atoms with E-state index >= 15 is 0 Å². The van der Waals surface area contributed by atoms with Gasteiger partial charge in [-0.25, -0.2) is 0 Å². The van der Waals surface area contributed by atoms with Gasteiger partial charge < -0.3 is 13.7 Å². The summed E-state index contributed by atoms with van der Waals surface area (Å²) < 4.78 is 50.0. The standard InChI is InChI=1S/C50H33N3/c1-3-13-38(14-4-1)51-40-17-9-11-36(29-40)37-12-10-18-41(30-37)52(43-26-24-35-22-21-34-23-25-42(51)31-47(34)48(35)32-43)44-27-28-46-45-19-7-8-20-49(45)53(50(46)33-44)39-15-5-2-6-16-39/h1-33H/i1D,3D,4D,13D,14D. The van der Waals surface area contributed by atoms with Gasteiger partial charge in [0.1, 0.15) is 0 Å². The molecule has 0 saturated carbocycles. The van der Waals surface area contributed by atoms with E-state index < -0.39 is 6.04 Å². The lowest BCUT2D eigenvalue weighted by molar-refractivity contribution is 1.14. The van der Waals surface area contributed by atoms with Crippen molar-refractivity contribution in [1.82, 2.24) is 13.7 Å². The van der Waals surface area contributed by atoms with Crippen LogP contribution in [0.25, 0.3) is 93.3 Å². The van der Waals surface area contributed by atoms with Gasteiger partial charge in [-0.1, -0.05) is 109 Å². The first kappa shape index (κ1) is 25.0. The Morgan fingerprint density at radius 3 is 1.55 bits per heavy atom. The Morgan fingerprint density at radius 1 is 0.302 bits per heavy atom. The number of nitrogens with zero attached hydrogens (tertiary/aromatic N) is 3. The number of rotatable bonds is 3. The van der Waals surface area contributed by atoms with Gasteiger partial charge in [-0.05, 0) is 123 Å². The van der Waals surface area contributed by atoms with Gasteiger partial charge in [0.2, 0.25) is 0 Å². The van der Waals surface area contributed by atoms with E-state index in [9.17, 15) is 0 Å². The van der Waals surface area contributed by atoms with Crippen molar-refractivity contribution < 1.29 is 6.85 Å². The highest BCUT2D eigenvalue weighted by Gasteiger charge is 2.14. The van der Waals surface area contributed by atoms with Crippen molar-refractivity contribution in [1.29, 1.82) is 0 Å². The molecule has 2 aromatic heterocycles. The topological polar surface area (TPSA) is 14.8 Å². The van der Waals surface area contributed by atoms with Crippen LogP contribution in [0.15, 0.2) is 200 Å². The highest BCUT2D eigenvalue weighted by atomic mass is 15.0. The molecule has 0 N–H and O–H groups in total. The molecule has 9 aromatic carbocycles. The average Bonchev–Trinajstić information content (AvgIpc) is 3.60. The Bertz CT molecular complexity index is 3550. The van der Waals surface area contributed by atoms with Crippen molar-refractivity contribution in [3.63, 3.8) is 0 Å². The molecule has 53 heavy (non-hydrogen) atoms. The number of hydrogen-bond acceptors (Lipinski definition) is 0. The summed E-state index contributed by atoms with van der Waals surface area (Å²) in [7, 11) is 0. The average molecular weight is 681 g/mol. The van der Waals surface area contributed by atoms with Crippen LogP contribution < -0.4 is 0 Å². The second-order valence-corrected chi connectivity index (χ2v) is 13.5. The van der Waals surface area contributed by atoms with Crippen LogP contribution in [0.2, 0.25) is 0 Å². The molecule has 0 aliphatic carbocycles. The van der Waals surface area contributed by atoms with Gasteiger partial charge in [-0.3, -0.25) is 0 Å². The molecule has 0 amide bonds. The van der Waals surface area contributed by atoms with Gasteiger partial charge in [0.05, 0.1) is 17.9 Å². The van der Waals surface area contributed by atoms with E-state index in [1.165, 1.54) is 10.8 Å². The van der Waals surface area contributed by atoms with E-state index in [2.05, 4.69) is 137 Å². The zero-order chi connectivity index (χ0) is 39.2. The van der Waals surface area contributed by atoms with E-state index in [0.717, 1.165) is 65.8 Å². The van der Waals surface area contributed by atoms with Crippen LogP contribution in [0.3, 0.4) is 0 Å². The fourth-order valence-electron chi connectivity index (χ4n) is 8.12. The predicted octanol–water partition coefficient (Wildman–Crippen LogP) is 13.3. The van der Waals surface area contributed by atoms with Crippen molar-refractivity contribution in [3.8, 4) is 17.1 Å². The van der Waals surface area contributed by atoms with Crippen LogP contribution in [0.1, 0.15) is 6.85 Å². The van der Waals surface area contributed by atoms with Crippen LogP contribution in [0.5, 0.6) is 0 Å². The fraction of sp³-hybridized carbons (Fsp3) is 0. The van der Waals surface area contributed by atoms with E-state index in [1.807, 2.05) is 42.5 Å². The van der Waals surface area contributed by atoms with Crippen molar-refractivity contribution >= 4 is 76.2 Å². The minimum atomic E-state index is -0.423. The fourth-order valence-corrected chi connectivity index (χ4v) is 8.12. The van der Waals surface area contributed by atoms with Crippen molar-refractivity contribution in [2.45, 2.75) is 0 Å². The Morgan fingerprint density at radius 2 is 0.868 bits per heavy atom. The monoisotopic (exact) mass is 680 g/mol. The predicted molar refractivity (Wildman–Crippen MR) is 225 cm³/mol.